The van der Waals surface area contributed by atoms with Crippen molar-refractivity contribution in [1.82, 2.24) is 14.3 Å². The molecule has 8 heteroatoms. The van der Waals surface area contributed by atoms with Crippen molar-refractivity contribution in [3.63, 3.8) is 0 Å². The van der Waals surface area contributed by atoms with E-state index in [1.807, 2.05) is 36.4 Å². The zero-order valence-electron chi connectivity index (χ0n) is 13.9. The zero-order chi connectivity index (χ0) is 17.5. The van der Waals surface area contributed by atoms with Crippen molar-refractivity contribution in [2.24, 2.45) is 0 Å². The molecule has 0 spiro atoms. The van der Waals surface area contributed by atoms with Crippen molar-refractivity contribution < 1.29 is 14.2 Å². The Balaban J connectivity index is 1.56. The summed E-state index contributed by atoms with van der Waals surface area (Å²) in [5.41, 5.74) is 1.02. The van der Waals surface area contributed by atoms with E-state index in [9.17, 15) is 0 Å². The van der Waals surface area contributed by atoms with Crippen LogP contribution >= 0.6 is 11.5 Å². The number of hydrogen-bond acceptors (Lipinski definition) is 8. The second kappa shape index (κ2) is 8.41. The first-order chi connectivity index (χ1) is 12.3. The van der Waals surface area contributed by atoms with Crippen molar-refractivity contribution in [3.8, 4) is 17.4 Å². The molecule has 0 aliphatic carbocycles. The number of nitrogens with one attached hydrogen (secondary N) is 1. The molecule has 0 amide bonds. The normalized spacial score (nSPS) is 10.5. The molecule has 0 bridgehead atoms. The largest absolute Gasteiger partial charge is 0.497 e. The van der Waals surface area contributed by atoms with Gasteiger partial charge in [-0.2, -0.15) is 4.37 Å². The van der Waals surface area contributed by atoms with Crippen molar-refractivity contribution in [3.05, 3.63) is 54.0 Å². The first kappa shape index (κ1) is 17.1. The van der Waals surface area contributed by atoms with E-state index in [4.69, 9.17) is 14.2 Å². The summed E-state index contributed by atoms with van der Waals surface area (Å²) in [4.78, 5) is 8.64. The summed E-state index contributed by atoms with van der Waals surface area (Å²) >= 11 is 1.31. The number of ether oxygens (including phenoxy) is 3. The average molecular weight is 358 g/mol. The molecule has 3 aromatic rings. The number of anilines is 1. The minimum Gasteiger partial charge on any atom is -0.497 e. The fraction of sp³-hybridized carbons (Fsp3) is 0.235. The van der Waals surface area contributed by atoms with E-state index in [1.54, 1.807) is 20.4 Å². The Morgan fingerprint density at radius 3 is 2.76 bits per heavy atom. The van der Waals surface area contributed by atoms with Crippen molar-refractivity contribution in [1.29, 1.82) is 0 Å². The lowest BCUT2D eigenvalue weighted by Crippen LogP contribution is -2.00. The van der Waals surface area contributed by atoms with Crippen LogP contribution in [0.3, 0.4) is 0 Å². The monoisotopic (exact) mass is 358 g/mol. The quantitative estimate of drug-likeness (QED) is 0.660. The molecular formula is C17H18N4O3S. The molecule has 3 rings (SSSR count). The predicted octanol–water partition coefficient (Wildman–Crippen LogP) is 3.49. The Kier molecular flexibility index (Phi) is 5.76. The van der Waals surface area contributed by atoms with Crippen LogP contribution in [0.25, 0.3) is 0 Å². The maximum absolute atomic E-state index is 5.72. The average Bonchev–Trinajstić information content (AvgIpc) is 3.09. The fourth-order valence-corrected chi connectivity index (χ4v) is 2.62. The van der Waals surface area contributed by atoms with E-state index in [2.05, 4.69) is 19.7 Å². The number of nitrogens with zero attached hydrogens (tertiary/aromatic N) is 3. The molecule has 1 N–H and O–H groups in total. The summed E-state index contributed by atoms with van der Waals surface area (Å²) in [6.07, 6.45) is 1.76. The second-order valence-corrected chi connectivity index (χ2v) is 5.84. The summed E-state index contributed by atoms with van der Waals surface area (Å²) in [7, 11) is 3.24. The first-order valence-corrected chi connectivity index (χ1v) is 8.36. The standard InChI is InChI=1S/C17H18N4O3S/c1-22-11-15-20-17(25-21-15)19-10-12-6-7-16(18-9-12)24-14-5-3-4-13(8-14)23-2/h3-9H,10-11H2,1-2H3,(H,19,20,21). The molecule has 7 nitrogen and oxygen atoms in total. The molecule has 0 unspecified atom stereocenters. The van der Waals surface area contributed by atoms with Gasteiger partial charge in [0.2, 0.25) is 11.0 Å². The van der Waals surface area contributed by atoms with E-state index in [0.29, 0.717) is 30.6 Å². The molecule has 25 heavy (non-hydrogen) atoms. The van der Waals surface area contributed by atoms with Crippen molar-refractivity contribution in [2.75, 3.05) is 19.5 Å². The van der Waals surface area contributed by atoms with E-state index in [1.165, 1.54) is 11.5 Å². The molecule has 0 fully saturated rings. The Morgan fingerprint density at radius 2 is 2.00 bits per heavy atom. The molecule has 130 valence electrons. The number of benzene rings is 1. The van der Waals surface area contributed by atoms with Crippen LogP contribution in [-0.2, 0) is 17.9 Å². The van der Waals surface area contributed by atoms with Gasteiger partial charge in [0.25, 0.3) is 0 Å². The number of pyridine rings is 1. The van der Waals surface area contributed by atoms with Crippen LogP contribution in [0.15, 0.2) is 42.6 Å². The van der Waals surface area contributed by atoms with Crippen LogP contribution in [-0.4, -0.2) is 28.6 Å². The highest BCUT2D eigenvalue weighted by molar-refractivity contribution is 7.09. The van der Waals surface area contributed by atoms with Gasteiger partial charge in [0.1, 0.15) is 18.1 Å². The van der Waals surface area contributed by atoms with Crippen molar-refractivity contribution >= 4 is 16.7 Å². The number of aromatic nitrogens is 3. The van der Waals surface area contributed by atoms with E-state index >= 15 is 0 Å². The maximum atomic E-state index is 5.72. The molecule has 0 aliphatic heterocycles. The zero-order valence-corrected chi connectivity index (χ0v) is 14.7. The second-order valence-electron chi connectivity index (χ2n) is 5.09. The van der Waals surface area contributed by atoms with Gasteiger partial charge in [-0.05, 0) is 17.7 Å². The van der Waals surface area contributed by atoms with Gasteiger partial charge in [-0.25, -0.2) is 9.97 Å². The lowest BCUT2D eigenvalue weighted by atomic mass is 10.3. The van der Waals surface area contributed by atoms with Crippen molar-refractivity contribution in [2.45, 2.75) is 13.2 Å². The third kappa shape index (κ3) is 4.88. The summed E-state index contributed by atoms with van der Waals surface area (Å²) in [5.74, 6) is 2.62. The van der Waals surface area contributed by atoms with Crippen LogP contribution in [0.5, 0.6) is 17.4 Å². The molecule has 2 aromatic heterocycles. The first-order valence-electron chi connectivity index (χ1n) is 7.59. The van der Waals surface area contributed by atoms with E-state index in [0.717, 1.165) is 16.4 Å². The molecule has 0 atom stereocenters. The van der Waals surface area contributed by atoms with E-state index in [-0.39, 0.29) is 0 Å². The van der Waals surface area contributed by atoms with Crippen LogP contribution < -0.4 is 14.8 Å². The summed E-state index contributed by atoms with van der Waals surface area (Å²) in [5, 5.41) is 3.97. The lowest BCUT2D eigenvalue weighted by molar-refractivity contribution is 0.179. The minimum absolute atomic E-state index is 0.413. The van der Waals surface area contributed by atoms with Gasteiger partial charge in [-0.1, -0.05) is 12.1 Å². The van der Waals surface area contributed by atoms with E-state index < -0.39 is 0 Å². The molecule has 0 saturated carbocycles. The molecule has 0 saturated heterocycles. The Hall–Kier alpha value is -2.71. The van der Waals surface area contributed by atoms with Crippen LogP contribution in [0.1, 0.15) is 11.4 Å². The smallest absolute Gasteiger partial charge is 0.219 e. The molecule has 0 radical (unpaired) electrons. The minimum atomic E-state index is 0.413. The highest BCUT2D eigenvalue weighted by Crippen LogP contribution is 2.24. The number of rotatable bonds is 8. The topological polar surface area (TPSA) is 78.4 Å². The third-order valence-corrected chi connectivity index (χ3v) is 3.96. The fourth-order valence-electron chi connectivity index (χ4n) is 2.05. The Labute approximate surface area is 149 Å². The Bertz CT molecular complexity index is 808. The van der Waals surface area contributed by atoms with Gasteiger partial charge < -0.3 is 19.5 Å². The third-order valence-electron chi connectivity index (χ3n) is 3.25. The van der Waals surface area contributed by atoms with Crippen LogP contribution in [0, 0.1) is 0 Å². The van der Waals surface area contributed by atoms with Gasteiger partial charge in [0, 0.05) is 43.5 Å². The summed E-state index contributed by atoms with van der Waals surface area (Å²) in [6, 6.07) is 11.2. The predicted molar refractivity (Wildman–Crippen MR) is 95.3 cm³/mol. The highest BCUT2D eigenvalue weighted by atomic mass is 32.1. The SMILES string of the molecule is COCc1nsc(NCc2ccc(Oc3cccc(OC)c3)nc2)n1. The van der Waals surface area contributed by atoms with Gasteiger partial charge in [0.15, 0.2) is 5.82 Å². The number of methoxy groups -OCH3 is 2. The maximum Gasteiger partial charge on any atom is 0.219 e. The van der Waals surface area contributed by atoms with Crippen LogP contribution in [0.2, 0.25) is 0 Å². The van der Waals surface area contributed by atoms with Gasteiger partial charge in [0.05, 0.1) is 7.11 Å². The van der Waals surface area contributed by atoms with Gasteiger partial charge in [-0.3, -0.25) is 0 Å². The molecular weight excluding hydrogens is 340 g/mol. The molecule has 0 aliphatic rings. The summed E-state index contributed by atoms with van der Waals surface area (Å²) in [6.45, 7) is 1.02. The van der Waals surface area contributed by atoms with Crippen LogP contribution in [0.4, 0.5) is 5.13 Å². The van der Waals surface area contributed by atoms with Gasteiger partial charge >= 0.3 is 0 Å². The summed E-state index contributed by atoms with van der Waals surface area (Å²) < 4.78 is 20.1. The number of hydrogen-bond donors (Lipinski definition) is 1. The van der Waals surface area contributed by atoms with Gasteiger partial charge in [-0.15, -0.1) is 0 Å². The highest BCUT2D eigenvalue weighted by Gasteiger charge is 2.04. The molecule has 1 aromatic carbocycles. The Morgan fingerprint density at radius 1 is 1.12 bits per heavy atom. The lowest BCUT2D eigenvalue weighted by Gasteiger charge is -2.07. The molecule has 2 heterocycles.